The van der Waals surface area contributed by atoms with Gasteiger partial charge in [0.25, 0.3) is 0 Å². The Bertz CT molecular complexity index is 990. The molecule has 2 atom stereocenters. The average molecular weight is 472 g/mol. The molecule has 33 heavy (non-hydrogen) atoms. The van der Waals surface area contributed by atoms with Crippen LogP contribution >= 0.6 is 11.6 Å². The van der Waals surface area contributed by atoms with Gasteiger partial charge in [0.1, 0.15) is 11.5 Å². The molecule has 176 valence electrons. The van der Waals surface area contributed by atoms with Crippen molar-refractivity contribution in [1.82, 2.24) is 5.32 Å². The summed E-state index contributed by atoms with van der Waals surface area (Å²) in [5, 5.41) is 11.2. The highest BCUT2D eigenvalue weighted by Gasteiger charge is 2.52. The van der Waals surface area contributed by atoms with Crippen LogP contribution in [0.25, 0.3) is 0 Å². The fourth-order valence-corrected chi connectivity index (χ4v) is 5.85. The van der Waals surface area contributed by atoms with Gasteiger partial charge in [0.05, 0.1) is 17.3 Å². The number of hydrogen-bond acceptors (Lipinski definition) is 4. The fraction of sp³-hybridized carbons (Fsp3) is 0.500. The van der Waals surface area contributed by atoms with Crippen molar-refractivity contribution in [3.8, 4) is 0 Å². The molecule has 0 bridgehead atoms. The highest BCUT2D eigenvalue weighted by molar-refractivity contribution is 6.30. The van der Waals surface area contributed by atoms with Crippen LogP contribution in [0, 0.1) is 17.7 Å². The summed E-state index contributed by atoms with van der Waals surface area (Å²) in [7, 11) is 0. The molecule has 5 nitrogen and oxygen atoms in total. The van der Waals surface area contributed by atoms with Crippen LogP contribution in [0.3, 0.4) is 0 Å². The Balaban J connectivity index is 1.57. The van der Waals surface area contributed by atoms with Crippen LogP contribution < -0.4 is 16.0 Å². The molecule has 0 spiro atoms. The summed E-state index contributed by atoms with van der Waals surface area (Å²) in [6.45, 7) is 1.27. The molecule has 3 N–H and O–H groups in total. The second kappa shape index (κ2) is 9.51. The maximum Gasteiger partial charge on any atom is 0.228 e. The molecule has 2 aliphatic heterocycles. The first kappa shape index (κ1) is 22.5. The van der Waals surface area contributed by atoms with E-state index in [-0.39, 0.29) is 23.7 Å². The number of nitrogens with one attached hydrogen (secondary N) is 3. The number of carbonyl (C=O) groups excluding carboxylic acids is 1. The van der Waals surface area contributed by atoms with Crippen LogP contribution in [0.5, 0.6) is 0 Å². The molecule has 3 aliphatic rings. The Hall–Kier alpha value is -2.31. The Labute approximate surface area is 199 Å². The number of fused-ring (bicyclic) bond motifs is 1. The van der Waals surface area contributed by atoms with E-state index in [1.54, 1.807) is 6.07 Å². The van der Waals surface area contributed by atoms with Crippen LogP contribution in [0.4, 0.5) is 15.8 Å². The molecular weight excluding hydrogens is 441 g/mol. The van der Waals surface area contributed by atoms with E-state index in [1.807, 2.05) is 24.3 Å². The molecule has 7 heteroatoms. The molecule has 0 radical (unpaired) electrons. The van der Waals surface area contributed by atoms with Gasteiger partial charge in [-0.3, -0.25) is 4.79 Å². The molecule has 2 aromatic carbocycles. The highest BCUT2D eigenvalue weighted by Crippen LogP contribution is 2.48. The SMILES string of the molecule is O=C(NC1CCCCC1)C(C1CCOCC1)C1(c2ccc(Cl)cc2)Nc2ccc(F)cc2N1. The topological polar surface area (TPSA) is 62.4 Å². The number of ether oxygens (including phenoxy) is 1. The van der Waals surface area contributed by atoms with Gasteiger partial charge in [-0.15, -0.1) is 0 Å². The smallest absolute Gasteiger partial charge is 0.228 e. The third-order valence-electron chi connectivity index (χ3n) is 7.38. The average Bonchev–Trinajstić information content (AvgIpc) is 3.20. The summed E-state index contributed by atoms with van der Waals surface area (Å²) in [5.74, 6) is -0.585. The largest absolute Gasteiger partial charge is 0.381 e. The Morgan fingerprint density at radius 2 is 1.70 bits per heavy atom. The molecule has 1 aliphatic carbocycles. The van der Waals surface area contributed by atoms with Gasteiger partial charge in [0.15, 0.2) is 0 Å². The maximum atomic E-state index is 14.1. The highest BCUT2D eigenvalue weighted by atomic mass is 35.5. The van der Waals surface area contributed by atoms with E-state index in [2.05, 4.69) is 16.0 Å². The van der Waals surface area contributed by atoms with Crippen LogP contribution in [0.15, 0.2) is 42.5 Å². The van der Waals surface area contributed by atoms with Gasteiger partial charge in [-0.25, -0.2) is 4.39 Å². The van der Waals surface area contributed by atoms with Crippen LogP contribution in [-0.4, -0.2) is 25.2 Å². The lowest BCUT2D eigenvalue weighted by molar-refractivity contribution is -0.131. The van der Waals surface area contributed by atoms with Crippen molar-refractivity contribution in [3.63, 3.8) is 0 Å². The van der Waals surface area contributed by atoms with Crippen LogP contribution in [-0.2, 0) is 15.2 Å². The third kappa shape index (κ3) is 4.56. The molecule has 1 amide bonds. The summed E-state index contributed by atoms with van der Waals surface area (Å²) in [6.07, 6.45) is 7.17. The van der Waals surface area contributed by atoms with Gasteiger partial charge in [0.2, 0.25) is 5.91 Å². The zero-order valence-electron chi connectivity index (χ0n) is 18.7. The number of hydrogen-bond donors (Lipinski definition) is 3. The van der Waals surface area contributed by atoms with Crippen LogP contribution in [0.1, 0.15) is 50.5 Å². The monoisotopic (exact) mass is 471 g/mol. The van der Waals surface area contributed by atoms with E-state index < -0.39 is 11.6 Å². The Kier molecular flexibility index (Phi) is 6.48. The molecule has 2 aromatic rings. The number of carbonyl (C=O) groups is 1. The number of rotatable bonds is 5. The maximum absolute atomic E-state index is 14.1. The molecule has 1 saturated heterocycles. The van der Waals surface area contributed by atoms with Gasteiger partial charge in [-0.05, 0) is 67.5 Å². The first-order chi connectivity index (χ1) is 16.0. The van der Waals surface area contributed by atoms with E-state index in [4.69, 9.17) is 16.3 Å². The third-order valence-corrected chi connectivity index (χ3v) is 7.63. The van der Waals surface area contributed by atoms with Crippen molar-refractivity contribution in [3.05, 3.63) is 58.9 Å². The van der Waals surface area contributed by atoms with Gasteiger partial charge < -0.3 is 20.7 Å². The lowest BCUT2D eigenvalue weighted by Crippen LogP contribution is -2.57. The summed E-state index contributed by atoms with van der Waals surface area (Å²) < 4.78 is 19.7. The lowest BCUT2D eigenvalue weighted by atomic mass is 9.73. The second-order valence-electron chi connectivity index (χ2n) is 9.53. The van der Waals surface area contributed by atoms with E-state index in [0.717, 1.165) is 49.8 Å². The van der Waals surface area contributed by atoms with Gasteiger partial charge in [0, 0.05) is 24.3 Å². The summed E-state index contributed by atoms with van der Waals surface area (Å²) in [4.78, 5) is 14.0. The second-order valence-corrected chi connectivity index (χ2v) is 9.96. The standard InChI is InChI=1S/C26H31ClFN3O2/c27-19-8-6-18(7-9-19)26(30-22-11-10-20(28)16-23(22)31-26)24(17-12-14-33-15-13-17)25(32)29-21-4-2-1-3-5-21/h6-11,16-17,21,24,30-31H,1-5,12-15H2,(H,29,32). The molecule has 2 fully saturated rings. The number of anilines is 2. The molecular formula is C26H31ClFN3O2. The predicted molar refractivity (Wildman–Crippen MR) is 129 cm³/mol. The van der Waals surface area contributed by atoms with E-state index in [1.165, 1.54) is 18.6 Å². The van der Waals surface area contributed by atoms with Crippen molar-refractivity contribution < 1.29 is 13.9 Å². The minimum absolute atomic E-state index is 0.0389. The zero-order chi connectivity index (χ0) is 22.8. The molecule has 2 unspecified atom stereocenters. The number of benzene rings is 2. The van der Waals surface area contributed by atoms with Crippen molar-refractivity contribution in [1.29, 1.82) is 0 Å². The molecule has 5 rings (SSSR count). The predicted octanol–water partition coefficient (Wildman–Crippen LogP) is 5.66. The van der Waals surface area contributed by atoms with Crippen molar-refractivity contribution >= 4 is 28.9 Å². The van der Waals surface area contributed by atoms with Gasteiger partial charge in [-0.2, -0.15) is 0 Å². The normalized spacial score (nSPS) is 24.4. The molecule has 1 saturated carbocycles. The van der Waals surface area contributed by atoms with Crippen molar-refractivity contribution in [2.24, 2.45) is 11.8 Å². The van der Waals surface area contributed by atoms with Crippen molar-refractivity contribution in [2.75, 3.05) is 23.8 Å². The van der Waals surface area contributed by atoms with Crippen molar-refractivity contribution in [2.45, 2.75) is 56.7 Å². The fourth-order valence-electron chi connectivity index (χ4n) is 5.73. The number of amides is 1. The lowest BCUT2D eigenvalue weighted by Gasteiger charge is -2.44. The zero-order valence-corrected chi connectivity index (χ0v) is 19.5. The first-order valence-corrected chi connectivity index (χ1v) is 12.4. The minimum Gasteiger partial charge on any atom is -0.381 e. The number of halogens is 2. The quantitative estimate of drug-likeness (QED) is 0.526. The Morgan fingerprint density at radius 1 is 1.00 bits per heavy atom. The van der Waals surface area contributed by atoms with Crippen LogP contribution in [0.2, 0.25) is 5.02 Å². The van der Waals surface area contributed by atoms with Gasteiger partial charge in [-0.1, -0.05) is 43.0 Å². The summed E-state index contributed by atoms with van der Waals surface area (Å²) >= 11 is 6.21. The van der Waals surface area contributed by atoms with Gasteiger partial charge >= 0.3 is 0 Å². The Morgan fingerprint density at radius 3 is 2.42 bits per heavy atom. The minimum atomic E-state index is -0.915. The summed E-state index contributed by atoms with van der Waals surface area (Å²) in [5.41, 5.74) is 1.43. The first-order valence-electron chi connectivity index (χ1n) is 12.1. The van der Waals surface area contributed by atoms with E-state index in [9.17, 15) is 9.18 Å². The van der Waals surface area contributed by atoms with E-state index >= 15 is 0 Å². The van der Waals surface area contributed by atoms with E-state index in [0.29, 0.717) is 23.9 Å². The molecule has 2 heterocycles. The summed E-state index contributed by atoms with van der Waals surface area (Å²) in [6, 6.07) is 12.4. The molecule has 0 aromatic heterocycles.